The zero-order valence-corrected chi connectivity index (χ0v) is 18.2. The fraction of sp³-hybridized carbons (Fsp3) is 0.438. The van der Waals surface area contributed by atoms with Gasteiger partial charge < -0.3 is 15.2 Å². The maximum atomic E-state index is 10.5. The molecule has 0 aromatic carbocycles. The van der Waals surface area contributed by atoms with E-state index >= 15 is 0 Å². The van der Waals surface area contributed by atoms with Crippen molar-refractivity contribution in [2.24, 2.45) is 0 Å². The van der Waals surface area contributed by atoms with Gasteiger partial charge in [-0.25, -0.2) is 14.2 Å². The molecule has 8 nitrogen and oxygen atoms in total. The van der Waals surface area contributed by atoms with E-state index in [1.54, 1.807) is 40.1 Å². The first kappa shape index (κ1) is 19.3. The van der Waals surface area contributed by atoms with Crippen LogP contribution in [0, 0.1) is 3.70 Å². The van der Waals surface area contributed by atoms with E-state index < -0.39 is 14.3 Å². The van der Waals surface area contributed by atoms with Crippen LogP contribution >= 0.6 is 22.6 Å². The number of nitrogens with one attached hydrogen (secondary N) is 1. The first-order chi connectivity index (χ1) is 12.3. The van der Waals surface area contributed by atoms with Crippen LogP contribution < -0.4 is 5.32 Å². The lowest BCUT2D eigenvalue weighted by molar-refractivity contribution is 0.0768. The molecule has 3 aromatic heterocycles. The van der Waals surface area contributed by atoms with Crippen LogP contribution in [0.15, 0.2) is 30.9 Å². The summed E-state index contributed by atoms with van der Waals surface area (Å²) in [4.78, 5) is 4.26. The second-order valence-electron chi connectivity index (χ2n) is 7.23. The van der Waals surface area contributed by atoms with Crippen LogP contribution in [0.2, 0.25) is 25.7 Å². The molecule has 0 radical (unpaired) electrons. The summed E-state index contributed by atoms with van der Waals surface area (Å²) >= 11 is 2.19. The predicted molar refractivity (Wildman–Crippen MR) is 111 cm³/mol. The Morgan fingerprint density at radius 3 is 2.88 bits per heavy atom. The van der Waals surface area contributed by atoms with Crippen molar-refractivity contribution in [3.05, 3.63) is 40.1 Å². The minimum atomic E-state index is -1.09. The third kappa shape index (κ3) is 4.61. The summed E-state index contributed by atoms with van der Waals surface area (Å²) in [6.07, 6.45) is 5.83. The molecule has 0 aliphatic heterocycles. The number of fused-ring (bicyclic) bond motifs is 1. The number of aliphatic hydroxyl groups is 1. The van der Waals surface area contributed by atoms with Gasteiger partial charge >= 0.3 is 0 Å². The van der Waals surface area contributed by atoms with E-state index in [4.69, 9.17) is 4.74 Å². The van der Waals surface area contributed by atoms with Gasteiger partial charge in [-0.3, -0.25) is 0 Å². The van der Waals surface area contributed by atoms with E-state index in [9.17, 15) is 5.11 Å². The van der Waals surface area contributed by atoms with E-state index in [2.05, 4.69) is 62.7 Å². The number of ether oxygens (including phenoxy) is 1. The fourth-order valence-corrected chi connectivity index (χ4v) is 3.67. The number of hydrogen-bond acceptors (Lipinski definition) is 6. The summed E-state index contributed by atoms with van der Waals surface area (Å²) in [5.74, 6) is 0. The Labute approximate surface area is 166 Å². The highest BCUT2D eigenvalue weighted by Crippen LogP contribution is 2.24. The molecule has 0 spiro atoms. The van der Waals surface area contributed by atoms with Crippen molar-refractivity contribution in [1.82, 2.24) is 24.4 Å². The normalized spacial score (nSPS) is 13.3. The smallest absolute Gasteiger partial charge is 0.162 e. The molecule has 0 saturated carbocycles. The average Bonchev–Trinajstić information content (AvgIpc) is 3.16. The predicted octanol–water partition coefficient (Wildman–Crippen LogP) is 2.95. The summed E-state index contributed by atoms with van der Waals surface area (Å²) in [7, 11) is -1.09. The van der Waals surface area contributed by atoms with Crippen LogP contribution in [0.1, 0.15) is 11.8 Å². The standard InChI is InChI=1S/C16H23IN6O2Si/c1-26(2,3)8-7-25-11-23-14(17)13(10-20-23)21-16(24)12-9-19-22-6-4-5-18-15(12)22/h4-6,9-10,16,21,24H,7-8,11H2,1-3H3. The third-order valence-electron chi connectivity index (χ3n) is 3.88. The quantitative estimate of drug-likeness (QED) is 0.220. The summed E-state index contributed by atoms with van der Waals surface area (Å²) in [5.41, 5.74) is 1.97. The Hall–Kier alpha value is -1.50. The van der Waals surface area contributed by atoms with Crippen LogP contribution in [0.3, 0.4) is 0 Å². The molecule has 0 aliphatic carbocycles. The van der Waals surface area contributed by atoms with Gasteiger partial charge in [0.15, 0.2) is 11.9 Å². The van der Waals surface area contributed by atoms with Gasteiger partial charge in [0.05, 0.1) is 23.6 Å². The monoisotopic (exact) mass is 486 g/mol. The van der Waals surface area contributed by atoms with Gasteiger partial charge in [0, 0.05) is 27.1 Å². The van der Waals surface area contributed by atoms with Crippen molar-refractivity contribution in [2.45, 2.75) is 38.6 Å². The number of anilines is 1. The zero-order chi connectivity index (χ0) is 18.7. The van der Waals surface area contributed by atoms with Gasteiger partial charge in [0.2, 0.25) is 0 Å². The highest BCUT2D eigenvalue weighted by Gasteiger charge is 2.18. The topological polar surface area (TPSA) is 89.5 Å². The fourth-order valence-electron chi connectivity index (χ4n) is 2.35. The Morgan fingerprint density at radius 1 is 1.31 bits per heavy atom. The lowest BCUT2D eigenvalue weighted by Gasteiger charge is -2.15. The van der Waals surface area contributed by atoms with Crippen molar-refractivity contribution in [3.63, 3.8) is 0 Å². The molecule has 0 saturated heterocycles. The minimum Gasteiger partial charge on any atom is -0.369 e. The molecule has 3 heterocycles. The molecule has 1 atom stereocenters. The second kappa shape index (κ2) is 8.02. The van der Waals surface area contributed by atoms with Gasteiger partial charge in [-0.05, 0) is 34.7 Å². The number of nitrogens with zero attached hydrogens (tertiary/aromatic N) is 5. The number of aromatic nitrogens is 5. The largest absolute Gasteiger partial charge is 0.369 e. The Kier molecular flexibility index (Phi) is 5.95. The molecule has 26 heavy (non-hydrogen) atoms. The molecule has 3 rings (SSSR count). The maximum Gasteiger partial charge on any atom is 0.162 e. The molecule has 3 aromatic rings. The number of aliphatic hydroxyl groups excluding tert-OH is 1. The van der Waals surface area contributed by atoms with Crippen LogP contribution in [0.4, 0.5) is 5.69 Å². The number of rotatable bonds is 8. The molecular weight excluding hydrogens is 463 g/mol. The third-order valence-corrected chi connectivity index (χ3v) is 6.72. The molecule has 140 valence electrons. The first-order valence-electron chi connectivity index (χ1n) is 8.37. The van der Waals surface area contributed by atoms with Gasteiger partial charge in [-0.15, -0.1) is 0 Å². The van der Waals surface area contributed by atoms with Crippen LogP contribution in [-0.4, -0.2) is 44.2 Å². The van der Waals surface area contributed by atoms with Crippen molar-refractivity contribution in [3.8, 4) is 0 Å². The molecule has 0 bridgehead atoms. The first-order valence-corrected chi connectivity index (χ1v) is 13.2. The van der Waals surface area contributed by atoms with Crippen molar-refractivity contribution >= 4 is 42.0 Å². The van der Waals surface area contributed by atoms with Crippen LogP contribution in [0.5, 0.6) is 0 Å². The molecule has 0 amide bonds. The maximum absolute atomic E-state index is 10.5. The Morgan fingerprint density at radius 2 is 2.12 bits per heavy atom. The lowest BCUT2D eigenvalue weighted by atomic mass is 10.3. The number of halogens is 1. The van der Waals surface area contributed by atoms with Crippen molar-refractivity contribution in [2.75, 3.05) is 11.9 Å². The molecular formula is C16H23IN6O2Si. The Bertz CT molecular complexity index is 875. The van der Waals surface area contributed by atoms with E-state index in [-0.39, 0.29) is 0 Å². The SMILES string of the molecule is C[Si](C)(C)CCOCn1ncc(NC(O)c2cnn3cccnc23)c1I. The van der Waals surface area contributed by atoms with Crippen molar-refractivity contribution in [1.29, 1.82) is 0 Å². The summed E-state index contributed by atoms with van der Waals surface area (Å²) < 4.78 is 10.0. The van der Waals surface area contributed by atoms with Crippen LogP contribution in [-0.2, 0) is 11.5 Å². The zero-order valence-electron chi connectivity index (χ0n) is 15.1. The highest BCUT2D eigenvalue weighted by molar-refractivity contribution is 14.1. The Balaban J connectivity index is 1.62. The second-order valence-corrected chi connectivity index (χ2v) is 13.9. The summed E-state index contributed by atoms with van der Waals surface area (Å²) in [6.45, 7) is 8.12. The molecule has 10 heteroatoms. The lowest BCUT2D eigenvalue weighted by Crippen LogP contribution is -2.22. The van der Waals surface area contributed by atoms with Gasteiger partial charge in [-0.2, -0.15) is 10.2 Å². The summed E-state index contributed by atoms with van der Waals surface area (Å²) in [6, 6.07) is 2.91. The molecule has 0 aliphatic rings. The number of hydrogen-bond donors (Lipinski definition) is 2. The van der Waals surface area contributed by atoms with Gasteiger partial charge in [0.25, 0.3) is 0 Å². The van der Waals surface area contributed by atoms with Crippen molar-refractivity contribution < 1.29 is 9.84 Å². The minimum absolute atomic E-state index is 0.402. The van der Waals surface area contributed by atoms with E-state index in [0.717, 1.165) is 22.0 Å². The van der Waals surface area contributed by atoms with Gasteiger partial charge in [-0.1, -0.05) is 19.6 Å². The molecule has 2 N–H and O–H groups in total. The molecule has 1 unspecified atom stereocenters. The van der Waals surface area contributed by atoms with E-state index in [1.165, 1.54) is 0 Å². The highest BCUT2D eigenvalue weighted by atomic mass is 127. The summed E-state index contributed by atoms with van der Waals surface area (Å²) in [5, 5.41) is 22.1. The molecule has 0 fully saturated rings. The van der Waals surface area contributed by atoms with Gasteiger partial charge in [0.1, 0.15) is 10.4 Å². The van der Waals surface area contributed by atoms with E-state index in [0.29, 0.717) is 17.9 Å². The van der Waals surface area contributed by atoms with Crippen LogP contribution in [0.25, 0.3) is 5.65 Å². The van der Waals surface area contributed by atoms with E-state index in [1.807, 2.05) is 0 Å². The average molecular weight is 486 g/mol.